The molecule has 1 atom stereocenters. The number of allylic oxidation sites excluding steroid dienone is 5. The van der Waals surface area contributed by atoms with Crippen LogP contribution in [0.15, 0.2) is 34.9 Å². The minimum absolute atomic E-state index is 0.635. The molecule has 0 aliphatic rings. The standard InChI is InChI=1S/C16H28O9P2/c1-13(2)7-5-8-14(3)9-6-10-15(4)11-16(17)23-12-24-27(21,22)25-26(18,19)20/h7,9,11H,5-6,8,10,12H2,1-4H3,(H,21,22)(H2,18,19,20)/b14-9+,15-11+. The summed E-state index contributed by atoms with van der Waals surface area (Å²) >= 11 is 0. The first-order valence-electron chi connectivity index (χ1n) is 8.18. The van der Waals surface area contributed by atoms with E-state index in [9.17, 15) is 13.9 Å². The second kappa shape index (κ2) is 12.4. The zero-order chi connectivity index (χ0) is 21.1. The second-order valence-electron chi connectivity index (χ2n) is 6.15. The monoisotopic (exact) mass is 426 g/mol. The van der Waals surface area contributed by atoms with Crippen LogP contribution in [0, 0.1) is 0 Å². The SMILES string of the molecule is CC(C)=CCC/C(C)=C/CC/C(C)=C/C(=O)OCOP(=O)(O)OP(=O)(O)O. The molecule has 3 N–H and O–H groups in total. The highest BCUT2D eigenvalue weighted by Crippen LogP contribution is 2.57. The summed E-state index contributed by atoms with van der Waals surface area (Å²) in [6.45, 7) is 6.92. The van der Waals surface area contributed by atoms with Crippen molar-refractivity contribution in [3.8, 4) is 0 Å². The van der Waals surface area contributed by atoms with Gasteiger partial charge in [-0.25, -0.2) is 18.4 Å². The van der Waals surface area contributed by atoms with Crippen molar-refractivity contribution >= 4 is 21.6 Å². The minimum atomic E-state index is -5.21. The molecule has 0 spiro atoms. The lowest BCUT2D eigenvalue weighted by Gasteiger charge is -2.11. The lowest BCUT2D eigenvalue weighted by atomic mass is 10.1. The maximum Gasteiger partial charge on any atom is 0.484 e. The van der Waals surface area contributed by atoms with Gasteiger partial charge < -0.3 is 19.4 Å². The number of carbonyl (C=O) groups excluding carboxylic acids is 1. The van der Waals surface area contributed by atoms with Crippen molar-refractivity contribution in [2.24, 2.45) is 0 Å². The number of hydrogen-bond acceptors (Lipinski definition) is 6. The zero-order valence-electron chi connectivity index (χ0n) is 16.0. The largest absolute Gasteiger partial charge is 0.484 e. The van der Waals surface area contributed by atoms with Crippen molar-refractivity contribution < 1.29 is 42.2 Å². The Bertz CT molecular complexity index is 669. The van der Waals surface area contributed by atoms with Crippen molar-refractivity contribution in [3.05, 3.63) is 34.9 Å². The van der Waals surface area contributed by atoms with E-state index in [1.807, 2.05) is 0 Å². The van der Waals surface area contributed by atoms with Gasteiger partial charge in [0, 0.05) is 6.08 Å². The third kappa shape index (κ3) is 16.8. The summed E-state index contributed by atoms with van der Waals surface area (Å²) in [6.07, 6.45) is 8.85. The zero-order valence-corrected chi connectivity index (χ0v) is 17.7. The molecule has 0 aromatic carbocycles. The number of phosphoric acid groups is 2. The normalized spacial score (nSPS) is 15.2. The molecule has 0 saturated carbocycles. The molecule has 1 unspecified atom stereocenters. The number of esters is 1. The van der Waals surface area contributed by atoms with Crippen LogP contribution in [0.3, 0.4) is 0 Å². The highest BCUT2D eigenvalue weighted by molar-refractivity contribution is 7.60. The Morgan fingerprint density at radius 2 is 1.48 bits per heavy atom. The van der Waals surface area contributed by atoms with Gasteiger partial charge in [0.2, 0.25) is 6.79 Å². The van der Waals surface area contributed by atoms with Crippen LogP contribution in [0.1, 0.15) is 53.4 Å². The average Bonchev–Trinajstić information content (AvgIpc) is 2.43. The van der Waals surface area contributed by atoms with Gasteiger partial charge in [0.05, 0.1) is 0 Å². The van der Waals surface area contributed by atoms with Crippen LogP contribution in [0.2, 0.25) is 0 Å². The van der Waals surface area contributed by atoms with E-state index in [1.165, 1.54) is 17.2 Å². The summed E-state index contributed by atoms with van der Waals surface area (Å²) in [5.41, 5.74) is 3.29. The van der Waals surface area contributed by atoms with E-state index < -0.39 is 28.4 Å². The van der Waals surface area contributed by atoms with Gasteiger partial charge in [-0.05, 0) is 53.4 Å². The van der Waals surface area contributed by atoms with Crippen LogP contribution in [0.25, 0.3) is 0 Å². The maximum absolute atomic E-state index is 11.6. The van der Waals surface area contributed by atoms with Gasteiger partial charge in [-0.15, -0.1) is 0 Å². The van der Waals surface area contributed by atoms with Gasteiger partial charge in [-0.1, -0.05) is 28.9 Å². The second-order valence-corrected chi connectivity index (χ2v) is 8.98. The van der Waals surface area contributed by atoms with Crippen LogP contribution in [0.4, 0.5) is 0 Å². The summed E-state index contributed by atoms with van der Waals surface area (Å²) in [5, 5.41) is 0. The Morgan fingerprint density at radius 1 is 0.926 bits per heavy atom. The Hall–Kier alpha value is -1.05. The summed E-state index contributed by atoms with van der Waals surface area (Å²) in [4.78, 5) is 37.4. The van der Waals surface area contributed by atoms with E-state index in [4.69, 9.17) is 14.7 Å². The van der Waals surface area contributed by atoms with Gasteiger partial charge in [-0.2, -0.15) is 4.31 Å². The van der Waals surface area contributed by atoms with Crippen LogP contribution in [-0.2, 0) is 27.5 Å². The van der Waals surface area contributed by atoms with Gasteiger partial charge in [0.25, 0.3) is 0 Å². The van der Waals surface area contributed by atoms with Crippen molar-refractivity contribution in [3.63, 3.8) is 0 Å². The third-order valence-electron chi connectivity index (χ3n) is 3.11. The number of carbonyl (C=O) groups is 1. The quantitative estimate of drug-likeness (QED) is 0.138. The Morgan fingerprint density at radius 3 is 2.04 bits per heavy atom. The minimum Gasteiger partial charge on any atom is -0.435 e. The van der Waals surface area contributed by atoms with Gasteiger partial charge in [0.1, 0.15) is 0 Å². The summed E-state index contributed by atoms with van der Waals surface area (Å²) in [5.74, 6) is -0.812. The van der Waals surface area contributed by atoms with Crippen molar-refractivity contribution in [2.75, 3.05) is 6.79 Å². The first-order chi connectivity index (χ1) is 12.3. The fourth-order valence-corrected chi connectivity index (χ4v) is 3.31. The van der Waals surface area contributed by atoms with E-state index in [1.54, 1.807) is 6.92 Å². The number of phosphoric ester groups is 1. The number of ether oxygens (including phenoxy) is 1. The predicted octanol–water partition coefficient (Wildman–Crippen LogP) is 4.13. The molecule has 0 aliphatic carbocycles. The Labute approximate surface area is 159 Å². The molecule has 0 aromatic rings. The van der Waals surface area contributed by atoms with Crippen LogP contribution >= 0.6 is 15.6 Å². The van der Waals surface area contributed by atoms with Crippen molar-refractivity contribution in [1.82, 2.24) is 0 Å². The van der Waals surface area contributed by atoms with Crippen LogP contribution in [-0.4, -0.2) is 27.4 Å². The summed E-state index contributed by atoms with van der Waals surface area (Å²) < 4.78 is 33.8. The number of rotatable bonds is 12. The smallest absolute Gasteiger partial charge is 0.435 e. The van der Waals surface area contributed by atoms with E-state index in [-0.39, 0.29) is 0 Å². The lowest BCUT2D eigenvalue weighted by molar-refractivity contribution is -0.144. The predicted molar refractivity (Wildman–Crippen MR) is 100 cm³/mol. The first kappa shape index (κ1) is 26.0. The molecule has 11 heteroatoms. The maximum atomic E-state index is 11.6. The molecule has 9 nitrogen and oxygen atoms in total. The molecule has 0 saturated heterocycles. The van der Waals surface area contributed by atoms with Crippen molar-refractivity contribution in [2.45, 2.75) is 53.4 Å². The van der Waals surface area contributed by atoms with Gasteiger partial charge >= 0.3 is 21.6 Å². The lowest BCUT2D eigenvalue weighted by Crippen LogP contribution is -2.06. The van der Waals surface area contributed by atoms with E-state index in [0.29, 0.717) is 6.42 Å². The third-order valence-corrected chi connectivity index (χ3v) is 5.22. The summed E-state index contributed by atoms with van der Waals surface area (Å²) in [7, 11) is -10.2. The van der Waals surface area contributed by atoms with Gasteiger partial charge in [-0.3, -0.25) is 0 Å². The highest BCUT2D eigenvalue weighted by Gasteiger charge is 2.32. The molecule has 0 rings (SSSR count). The van der Waals surface area contributed by atoms with E-state index >= 15 is 0 Å². The fraction of sp³-hybridized carbons (Fsp3) is 0.562. The van der Waals surface area contributed by atoms with Crippen molar-refractivity contribution in [1.29, 1.82) is 0 Å². The highest BCUT2D eigenvalue weighted by atomic mass is 31.3. The Kier molecular flexibility index (Phi) is 11.9. The topological polar surface area (TPSA) is 140 Å². The van der Waals surface area contributed by atoms with Crippen LogP contribution < -0.4 is 0 Å². The summed E-state index contributed by atoms with van der Waals surface area (Å²) in [6, 6.07) is 0. The number of hydrogen-bond donors (Lipinski definition) is 3. The molecule has 0 heterocycles. The fourth-order valence-electron chi connectivity index (χ4n) is 1.86. The molecule has 0 aromatic heterocycles. The van der Waals surface area contributed by atoms with Crippen LogP contribution in [0.5, 0.6) is 0 Å². The average molecular weight is 426 g/mol. The molecule has 0 bridgehead atoms. The first-order valence-corrected chi connectivity index (χ1v) is 11.2. The molecular weight excluding hydrogens is 398 g/mol. The molecular formula is C16H28O9P2. The molecule has 0 amide bonds. The van der Waals surface area contributed by atoms with E-state index in [0.717, 1.165) is 24.8 Å². The Balaban J connectivity index is 4.24. The molecule has 0 fully saturated rings. The molecule has 27 heavy (non-hydrogen) atoms. The molecule has 0 radical (unpaired) electrons. The molecule has 0 aliphatic heterocycles. The van der Waals surface area contributed by atoms with Gasteiger partial charge in [0.15, 0.2) is 0 Å². The van der Waals surface area contributed by atoms with E-state index in [2.05, 4.69) is 46.5 Å². The molecule has 156 valence electrons.